The molecular formula is C23H26N4O2. The lowest BCUT2D eigenvalue weighted by molar-refractivity contribution is -0.113. The molecule has 2 aromatic heterocycles. The van der Waals surface area contributed by atoms with E-state index in [4.69, 9.17) is 4.52 Å². The molecule has 0 atom stereocenters. The fourth-order valence-corrected chi connectivity index (χ4v) is 3.56. The zero-order chi connectivity index (χ0) is 20.2. The molecule has 0 radical (unpaired) electrons. The Kier molecular flexibility index (Phi) is 5.81. The van der Waals surface area contributed by atoms with Crippen molar-refractivity contribution in [3.05, 3.63) is 53.9 Å². The molecule has 1 aromatic carbocycles. The van der Waals surface area contributed by atoms with Crippen LogP contribution in [0.15, 0.2) is 47.1 Å². The molecule has 0 bridgehead atoms. The Bertz CT molecular complexity index is 942. The first-order chi connectivity index (χ1) is 14.1. The minimum absolute atomic E-state index is 0.224. The van der Waals surface area contributed by atoms with E-state index >= 15 is 0 Å². The standard InChI is InChI=1S/C23H26N4O2/c1-15(2)9-16-3-5-18(6-4-16)23-26-22(27-29-23)19-7-8-20(24-12-19)13-25-21-10-17(11-21)14-28/h3-8,12,14-15,17,21,25H,9-11,13H2,1-2H3/t17-,21+. The summed E-state index contributed by atoms with van der Waals surface area (Å²) in [6.07, 6.45) is 5.72. The second-order valence-corrected chi connectivity index (χ2v) is 8.20. The van der Waals surface area contributed by atoms with Gasteiger partial charge in [0.1, 0.15) is 6.29 Å². The number of rotatable bonds is 8. The number of nitrogens with zero attached hydrogens (tertiary/aromatic N) is 3. The third-order valence-corrected chi connectivity index (χ3v) is 5.29. The molecule has 0 aliphatic heterocycles. The smallest absolute Gasteiger partial charge is 0.258 e. The highest BCUT2D eigenvalue weighted by molar-refractivity contribution is 5.59. The van der Waals surface area contributed by atoms with E-state index in [9.17, 15) is 4.79 Å². The lowest BCUT2D eigenvalue weighted by Crippen LogP contribution is -2.41. The van der Waals surface area contributed by atoms with Gasteiger partial charge >= 0.3 is 0 Å². The largest absolute Gasteiger partial charge is 0.334 e. The van der Waals surface area contributed by atoms with Gasteiger partial charge in [0.2, 0.25) is 5.82 Å². The van der Waals surface area contributed by atoms with Crippen LogP contribution in [0, 0.1) is 11.8 Å². The SMILES string of the molecule is CC(C)Cc1ccc(-c2nc(-c3ccc(CN[C@H]4C[C@@H](C=O)C4)nc3)no2)cc1. The number of aldehydes is 1. The summed E-state index contributed by atoms with van der Waals surface area (Å²) in [5, 5.41) is 7.53. The number of hydrogen-bond acceptors (Lipinski definition) is 6. The maximum absolute atomic E-state index is 10.7. The van der Waals surface area contributed by atoms with Crippen LogP contribution in [0.3, 0.4) is 0 Å². The Labute approximate surface area is 170 Å². The van der Waals surface area contributed by atoms with E-state index in [-0.39, 0.29) is 5.92 Å². The minimum Gasteiger partial charge on any atom is -0.334 e. The normalized spacial score (nSPS) is 18.6. The molecule has 0 saturated heterocycles. The third-order valence-electron chi connectivity index (χ3n) is 5.29. The summed E-state index contributed by atoms with van der Waals surface area (Å²) in [5.74, 6) is 1.90. The number of carbonyl (C=O) groups excluding carboxylic acids is 1. The number of pyridine rings is 1. The lowest BCUT2D eigenvalue weighted by Gasteiger charge is -2.32. The molecule has 6 heteroatoms. The summed E-state index contributed by atoms with van der Waals surface area (Å²) < 4.78 is 5.45. The molecule has 1 N–H and O–H groups in total. The summed E-state index contributed by atoms with van der Waals surface area (Å²) in [6, 6.07) is 12.6. The van der Waals surface area contributed by atoms with Gasteiger partial charge in [-0.05, 0) is 55.0 Å². The molecule has 1 saturated carbocycles. The van der Waals surface area contributed by atoms with Gasteiger partial charge in [0.25, 0.3) is 5.89 Å². The third kappa shape index (κ3) is 4.77. The highest BCUT2D eigenvalue weighted by Crippen LogP contribution is 2.26. The molecule has 2 heterocycles. The van der Waals surface area contributed by atoms with Crippen molar-refractivity contribution < 1.29 is 9.32 Å². The molecule has 3 aromatic rings. The fraction of sp³-hybridized carbons (Fsp3) is 0.391. The van der Waals surface area contributed by atoms with E-state index < -0.39 is 0 Å². The molecule has 0 spiro atoms. The van der Waals surface area contributed by atoms with Crippen LogP contribution in [-0.4, -0.2) is 27.5 Å². The number of benzene rings is 1. The predicted molar refractivity (Wildman–Crippen MR) is 111 cm³/mol. The van der Waals surface area contributed by atoms with E-state index in [1.165, 1.54) is 5.56 Å². The summed E-state index contributed by atoms with van der Waals surface area (Å²) in [6.45, 7) is 5.12. The Morgan fingerprint density at radius 3 is 2.55 bits per heavy atom. The maximum Gasteiger partial charge on any atom is 0.258 e. The zero-order valence-corrected chi connectivity index (χ0v) is 16.8. The van der Waals surface area contributed by atoms with Crippen LogP contribution in [0.25, 0.3) is 22.8 Å². The van der Waals surface area contributed by atoms with Gasteiger partial charge in [-0.25, -0.2) is 0 Å². The quantitative estimate of drug-likeness (QED) is 0.584. The summed E-state index contributed by atoms with van der Waals surface area (Å²) >= 11 is 0. The molecular weight excluding hydrogens is 364 g/mol. The van der Waals surface area contributed by atoms with E-state index in [0.29, 0.717) is 30.2 Å². The average molecular weight is 390 g/mol. The van der Waals surface area contributed by atoms with Crippen LogP contribution >= 0.6 is 0 Å². The van der Waals surface area contributed by atoms with Gasteiger partial charge in [-0.2, -0.15) is 4.98 Å². The van der Waals surface area contributed by atoms with Crippen LogP contribution in [0.1, 0.15) is 37.9 Å². The first-order valence-electron chi connectivity index (χ1n) is 10.2. The molecule has 1 aliphatic carbocycles. The Balaban J connectivity index is 1.37. The van der Waals surface area contributed by atoms with Gasteiger partial charge < -0.3 is 14.6 Å². The van der Waals surface area contributed by atoms with Crippen LogP contribution in [0.5, 0.6) is 0 Å². The number of nitrogens with one attached hydrogen (secondary N) is 1. The Morgan fingerprint density at radius 2 is 1.90 bits per heavy atom. The summed E-state index contributed by atoms with van der Waals surface area (Å²) in [4.78, 5) is 19.7. The van der Waals surface area contributed by atoms with Gasteiger partial charge in [0.05, 0.1) is 5.69 Å². The van der Waals surface area contributed by atoms with Gasteiger partial charge in [0, 0.05) is 35.8 Å². The predicted octanol–water partition coefficient (Wildman–Crippen LogP) is 4.06. The zero-order valence-electron chi connectivity index (χ0n) is 16.8. The van der Waals surface area contributed by atoms with Crippen LogP contribution in [-0.2, 0) is 17.8 Å². The second kappa shape index (κ2) is 8.66. The molecule has 150 valence electrons. The number of hydrogen-bond donors (Lipinski definition) is 1. The highest BCUT2D eigenvalue weighted by Gasteiger charge is 2.27. The van der Waals surface area contributed by atoms with Crippen molar-refractivity contribution in [2.24, 2.45) is 11.8 Å². The van der Waals surface area contributed by atoms with Gasteiger partial charge in [0.15, 0.2) is 0 Å². The van der Waals surface area contributed by atoms with Gasteiger partial charge in [-0.1, -0.05) is 31.1 Å². The van der Waals surface area contributed by atoms with Crippen molar-refractivity contribution in [3.63, 3.8) is 0 Å². The van der Waals surface area contributed by atoms with Crippen LogP contribution < -0.4 is 5.32 Å². The van der Waals surface area contributed by atoms with Crippen molar-refractivity contribution in [2.45, 2.75) is 45.7 Å². The van der Waals surface area contributed by atoms with Crippen molar-refractivity contribution >= 4 is 6.29 Å². The number of carbonyl (C=O) groups is 1. The van der Waals surface area contributed by atoms with Crippen LogP contribution in [0.2, 0.25) is 0 Å². The maximum atomic E-state index is 10.7. The number of aromatic nitrogens is 3. The van der Waals surface area contributed by atoms with E-state index in [1.54, 1.807) is 6.20 Å². The van der Waals surface area contributed by atoms with Crippen molar-refractivity contribution in [2.75, 3.05) is 0 Å². The van der Waals surface area contributed by atoms with E-state index in [0.717, 1.165) is 42.4 Å². The second-order valence-electron chi connectivity index (χ2n) is 8.20. The van der Waals surface area contributed by atoms with Gasteiger partial charge in [-0.15, -0.1) is 0 Å². The molecule has 4 rings (SSSR count). The molecule has 1 fully saturated rings. The van der Waals surface area contributed by atoms with Crippen molar-refractivity contribution in [1.29, 1.82) is 0 Å². The monoisotopic (exact) mass is 390 g/mol. The molecule has 0 unspecified atom stereocenters. The average Bonchev–Trinajstić information content (AvgIpc) is 3.18. The minimum atomic E-state index is 0.224. The van der Waals surface area contributed by atoms with Crippen molar-refractivity contribution in [1.82, 2.24) is 20.4 Å². The summed E-state index contributed by atoms with van der Waals surface area (Å²) in [5.41, 5.74) is 4.00. The molecule has 1 aliphatic rings. The Hall–Kier alpha value is -2.86. The molecule has 6 nitrogen and oxygen atoms in total. The fourth-order valence-electron chi connectivity index (χ4n) is 3.56. The first-order valence-corrected chi connectivity index (χ1v) is 10.2. The Morgan fingerprint density at radius 1 is 1.14 bits per heavy atom. The van der Waals surface area contributed by atoms with E-state index in [2.05, 4.69) is 46.4 Å². The first kappa shape index (κ1) is 19.5. The summed E-state index contributed by atoms with van der Waals surface area (Å²) in [7, 11) is 0. The lowest BCUT2D eigenvalue weighted by atomic mass is 9.81. The van der Waals surface area contributed by atoms with E-state index in [1.807, 2.05) is 24.3 Å². The molecule has 29 heavy (non-hydrogen) atoms. The van der Waals surface area contributed by atoms with Crippen molar-refractivity contribution in [3.8, 4) is 22.8 Å². The highest BCUT2D eigenvalue weighted by atomic mass is 16.5. The topological polar surface area (TPSA) is 80.9 Å². The van der Waals surface area contributed by atoms with Crippen LogP contribution in [0.4, 0.5) is 0 Å². The molecule has 0 amide bonds. The van der Waals surface area contributed by atoms with Gasteiger partial charge in [-0.3, -0.25) is 4.98 Å².